The maximum Gasteiger partial charge on any atom is 0.119 e. The lowest BCUT2D eigenvalue weighted by Crippen LogP contribution is -1.96. The van der Waals surface area contributed by atoms with Gasteiger partial charge in [0.25, 0.3) is 0 Å². The van der Waals surface area contributed by atoms with Gasteiger partial charge in [0.1, 0.15) is 5.75 Å². The Morgan fingerprint density at radius 2 is 1.38 bits per heavy atom. The first-order valence-electron chi connectivity index (χ1n) is 9.02. The van der Waals surface area contributed by atoms with Crippen molar-refractivity contribution < 1.29 is 4.74 Å². The molecule has 1 heterocycles. The van der Waals surface area contributed by atoms with E-state index in [1.807, 2.05) is 36.4 Å². The van der Waals surface area contributed by atoms with Crippen LogP contribution in [0.5, 0.6) is 5.75 Å². The molecule has 3 nitrogen and oxygen atoms in total. The second-order valence-corrected chi connectivity index (χ2v) is 6.54. The highest BCUT2D eigenvalue weighted by molar-refractivity contribution is 6.17. The normalized spacial score (nSPS) is 10.7. The van der Waals surface area contributed by atoms with E-state index in [-0.39, 0.29) is 0 Å². The van der Waals surface area contributed by atoms with Gasteiger partial charge in [-0.25, -0.2) is 0 Å². The fourth-order valence-corrected chi connectivity index (χ4v) is 2.87. The molecule has 0 amide bonds. The largest absolute Gasteiger partial charge is 0.494 e. The van der Waals surface area contributed by atoms with Crippen LogP contribution in [-0.2, 0) is 6.42 Å². The Kier molecular flexibility index (Phi) is 6.62. The lowest BCUT2D eigenvalue weighted by Gasteiger charge is -2.07. The zero-order chi connectivity index (χ0) is 18.2. The number of hydrogen-bond donors (Lipinski definition) is 0. The topological polar surface area (TPSA) is 35.0 Å². The number of nitrogens with zero attached hydrogens (tertiary/aromatic N) is 2. The average Bonchev–Trinajstić information content (AvgIpc) is 2.70. The summed E-state index contributed by atoms with van der Waals surface area (Å²) in [6.07, 6.45) is 3.08. The molecule has 0 spiro atoms. The van der Waals surface area contributed by atoms with Gasteiger partial charge in [0.2, 0.25) is 0 Å². The van der Waals surface area contributed by atoms with Crippen LogP contribution in [0.3, 0.4) is 0 Å². The molecule has 3 rings (SSSR count). The number of aryl methyl sites for hydroxylation is 1. The third-order valence-corrected chi connectivity index (χ3v) is 4.40. The molecule has 0 radical (unpaired) electrons. The van der Waals surface area contributed by atoms with Gasteiger partial charge in [0.15, 0.2) is 0 Å². The van der Waals surface area contributed by atoms with Gasteiger partial charge >= 0.3 is 0 Å². The van der Waals surface area contributed by atoms with Crippen LogP contribution in [0.25, 0.3) is 22.5 Å². The predicted octanol–water partition coefficient (Wildman–Crippen LogP) is 5.77. The van der Waals surface area contributed by atoms with Crippen molar-refractivity contribution in [1.82, 2.24) is 10.2 Å². The number of ether oxygens (including phenoxy) is 1. The number of halogens is 1. The van der Waals surface area contributed by atoms with Crippen molar-refractivity contribution in [2.45, 2.75) is 26.2 Å². The number of benzene rings is 2. The van der Waals surface area contributed by atoms with E-state index < -0.39 is 0 Å². The number of unbranched alkanes of at least 4 members (excludes halogenated alkanes) is 1. The molecule has 0 unspecified atom stereocenters. The molecule has 0 aliphatic heterocycles. The molecule has 4 heteroatoms. The van der Waals surface area contributed by atoms with Crippen LogP contribution in [0.4, 0.5) is 0 Å². The average molecular weight is 367 g/mol. The number of alkyl halides is 1. The monoisotopic (exact) mass is 366 g/mol. The summed E-state index contributed by atoms with van der Waals surface area (Å²) in [5, 5.41) is 8.75. The first-order valence-corrected chi connectivity index (χ1v) is 9.56. The molecule has 0 atom stereocenters. The molecule has 3 aromatic rings. The van der Waals surface area contributed by atoms with Crippen LogP contribution in [0.2, 0.25) is 0 Å². The zero-order valence-corrected chi connectivity index (χ0v) is 15.7. The molecule has 0 fully saturated rings. The van der Waals surface area contributed by atoms with E-state index in [1.54, 1.807) is 0 Å². The van der Waals surface area contributed by atoms with Gasteiger partial charge < -0.3 is 4.74 Å². The highest BCUT2D eigenvalue weighted by Gasteiger charge is 2.04. The van der Waals surface area contributed by atoms with E-state index in [1.165, 1.54) is 5.56 Å². The third kappa shape index (κ3) is 4.83. The molecule has 2 aromatic carbocycles. The first kappa shape index (κ1) is 18.4. The van der Waals surface area contributed by atoms with E-state index >= 15 is 0 Å². The Morgan fingerprint density at radius 1 is 0.808 bits per heavy atom. The van der Waals surface area contributed by atoms with Crippen LogP contribution in [0.1, 0.15) is 25.3 Å². The minimum absolute atomic E-state index is 0.635. The quantitative estimate of drug-likeness (QED) is 0.375. The molecular weight excluding hydrogens is 344 g/mol. The van der Waals surface area contributed by atoms with E-state index in [0.29, 0.717) is 5.88 Å². The van der Waals surface area contributed by atoms with Crippen LogP contribution in [0.15, 0.2) is 60.7 Å². The van der Waals surface area contributed by atoms with Crippen LogP contribution < -0.4 is 4.74 Å². The maximum atomic E-state index is 5.78. The molecule has 0 aliphatic carbocycles. The summed E-state index contributed by atoms with van der Waals surface area (Å²) in [6.45, 7) is 2.91. The summed E-state index contributed by atoms with van der Waals surface area (Å²) in [5.74, 6) is 1.53. The van der Waals surface area contributed by atoms with Crippen molar-refractivity contribution in [3.8, 4) is 28.3 Å². The minimum Gasteiger partial charge on any atom is -0.494 e. The Hall–Kier alpha value is -2.39. The summed E-state index contributed by atoms with van der Waals surface area (Å²) >= 11 is 5.78. The maximum absolute atomic E-state index is 5.78. The van der Waals surface area contributed by atoms with Gasteiger partial charge in [-0.3, -0.25) is 0 Å². The van der Waals surface area contributed by atoms with Gasteiger partial charge in [-0.2, -0.15) is 0 Å². The van der Waals surface area contributed by atoms with Gasteiger partial charge in [0.05, 0.1) is 18.0 Å². The van der Waals surface area contributed by atoms with Crippen LogP contribution >= 0.6 is 11.6 Å². The number of aromatic nitrogens is 2. The second-order valence-electron chi connectivity index (χ2n) is 6.17. The van der Waals surface area contributed by atoms with Gasteiger partial charge in [-0.05, 0) is 54.8 Å². The summed E-state index contributed by atoms with van der Waals surface area (Å²) in [6, 6.07) is 20.3. The number of hydrogen-bond acceptors (Lipinski definition) is 3. The van der Waals surface area contributed by atoms with Gasteiger partial charge in [-0.1, -0.05) is 37.6 Å². The molecule has 134 valence electrons. The molecule has 26 heavy (non-hydrogen) atoms. The SMILES string of the molecule is CCCCOc1ccc(-c2ccc(-c3ccc(CCCl)cc3)nn2)cc1. The van der Waals surface area contributed by atoms with Crippen LogP contribution in [0, 0.1) is 0 Å². The second kappa shape index (κ2) is 9.35. The summed E-state index contributed by atoms with van der Waals surface area (Å²) < 4.78 is 5.70. The van der Waals surface area contributed by atoms with Crippen molar-refractivity contribution >= 4 is 11.6 Å². The smallest absolute Gasteiger partial charge is 0.119 e. The molecule has 1 aromatic heterocycles. The fourth-order valence-electron chi connectivity index (χ4n) is 2.65. The summed E-state index contributed by atoms with van der Waals surface area (Å²) in [7, 11) is 0. The number of rotatable bonds is 8. The van der Waals surface area contributed by atoms with Gasteiger partial charge in [0, 0.05) is 17.0 Å². The Labute approximate surface area is 160 Å². The van der Waals surface area contributed by atoms with E-state index in [4.69, 9.17) is 16.3 Å². The lowest BCUT2D eigenvalue weighted by molar-refractivity contribution is 0.309. The minimum atomic E-state index is 0.635. The highest BCUT2D eigenvalue weighted by Crippen LogP contribution is 2.23. The highest BCUT2D eigenvalue weighted by atomic mass is 35.5. The summed E-state index contributed by atoms with van der Waals surface area (Å²) in [4.78, 5) is 0. The summed E-state index contributed by atoms with van der Waals surface area (Å²) in [5.41, 5.74) is 5.04. The molecule has 0 N–H and O–H groups in total. The fraction of sp³-hybridized carbons (Fsp3) is 0.273. The molecule has 0 aliphatic rings. The molecule has 0 bridgehead atoms. The van der Waals surface area contributed by atoms with Crippen molar-refractivity contribution in [3.63, 3.8) is 0 Å². The van der Waals surface area contributed by atoms with Crippen LogP contribution in [-0.4, -0.2) is 22.7 Å². The molecular formula is C22H23ClN2O. The van der Waals surface area contributed by atoms with Crippen molar-refractivity contribution in [2.75, 3.05) is 12.5 Å². The van der Waals surface area contributed by atoms with E-state index in [0.717, 1.165) is 54.1 Å². The standard InChI is InChI=1S/C22H23ClN2O/c1-2-3-16-26-20-10-8-19(9-11-20)22-13-12-21(24-25-22)18-6-4-17(5-7-18)14-15-23/h4-13H,2-3,14-16H2,1H3. The zero-order valence-electron chi connectivity index (χ0n) is 15.0. The van der Waals surface area contributed by atoms with Crippen molar-refractivity contribution in [2.24, 2.45) is 0 Å². The molecule has 0 saturated heterocycles. The van der Waals surface area contributed by atoms with Gasteiger partial charge in [-0.15, -0.1) is 21.8 Å². The Morgan fingerprint density at radius 3 is 1.88 bits per heavy atom. The lowest BCUT2D eigenvalue weighted by atomic mass is 10.1. The van der Waals surface area contributed by atoms with E-state index in [9.17, 15) is 0 Å². The van der Waals surface area contributed by atoms with E-state index in [2.05, 4.69) is 41.4 Å². The Balaban J connectivity index is 1.68. The first-order chi connectivity index (χ1) is 12.8. The van der Waals surface area contributed by atoms with Crippen molar-refractivity contribution in [3.05, 3.63) is 66.2 Å². The molecule has 0 saturated carbocycles. The Bertz CT molecular complexity index is 799. The predicted molar refractivity (Wildman–Crippen MR) is 108 cm³/mol. The van der Waals surface area contributed by atoms with Crippen molar-refractivity contribution in [1.29, 1.82) is 0 Å². The third-order valence-electron chi connectivity index (χ3n) is 4.21.